The molecule has 0 spiro atoms. The van der Waals surface area contributed by atoms with Gasteiger partial charge in [0.15, 0.2) is 0 Å². The number of halogens is 1. The Bertz CT molecular complexity index is 1770. The molecule has 0 saturated heterocycles. The molecular weight excluding hydrogens is 714 g/mol. The first-order valence-electron chi connectivity index (χ1n) is 16.3. The van der Waals surface area contributed by atoms with Crippen molar-refractivity contribution in [3.63, 3.8) is 0 Å². The van der Waals surface area contributed by atoms with Crippen LogP contribution in [0.2, 0.25) is 0 Å². The van der Waals surface area contributed by atoms with E-state index in [0.29, 0.717) is 86.2 Å². The fraction of sp³-hybridized carbons (Fsp3) is 0.211. The summed E-state index contributed by atoms with van der Waals surface area (Å²) in [5.41, 5.74) is 3.53. The molecule has 0 aliphatic heterocycles. The highest BCUT2D eigenvalue weighted by molar-refractivity contribution is 9.10. The van der Waals surface area contributed by atoms with E-state index in [1.54, 1.807) is 67.6 Å². The normalized spacial score (nSPS) is 11.4. The Morgan fingerprint density at radius 1 is 0.745 bits per heavy atom. The number of nitrogens with zero attached hydrogens (tertiary/aromatic N) is 2. The summed E-state index contributed by atoms with van der Waals surface area (Å²) in [6, 6.07) is 30.4. The Kier molecular flexibility index (Phi) is 15.7. The Hall–Kier alpha value is -5.50. The highest BCUT2D eigenvalue weighted by Gasteiger charge is 2.08. The summed E-state index contributed by atoms with van der Waals surface area (Å²) in [5.74, 6) is 1.08. The predicted octanol–water partition coefficient (Wildman–Crippen LogP) is 5.91. The van der Waals surface area contributed by atoms with Gasteiger partial charge in [-0.15, -0.1) is 0 Å². The molecule has 4 aromatic rings. The zero-order valence-electron chi connectivity index (χ0n) is 28.3. The molecule has 0 heterocycles. The average molecular weight is 757 g/mol. The molecule has 0 radical (unpaired) electrons. The molecule has 2 amide bonds. The lowest BCUT2D eigenvalue weighted by Crippen LogP contribution is -2.33. The summed E-state index contributed by atoms with van der Waals surface area (Å²) in [5, 5.41) is 24.9. The van der Waals surface area contributed by atoms with Gasteiger partial charge in [-0.2, -0.15) is 0 Å². The number of phenols is 1. The number of nitrogens with one attached hydrogen (secondary N) is 5. The number of aliphatic imine (C=N–C) groups is 2. The van der Waals surface area contributed by atoms with Crippen molar-refractivity contribution in [3.05, 3.63) is 137 Å². The lowest BCUT2D eigenvalue weighted by Gasteiger charge is -2.16. The van der Waals surface area contributed by atoms with Gasteiger partial charge in [-0.25, -0.2) is 4.99 Å². The lowest BCUT2D eigenvalue weighted by molar-refractivity contribution is 0.0512. The standard InChI is InChI=1S/C38H42BrN7O5/c1-27(40-20-22-50-24-25-51-23-21-41-36(48)30-6-4-3-5-7-30)44-38(46-34-16-18-35(47)19-17-34)45-28(2)43-33-14-10-31(11-15-33)37(49)42-26-29-8-12-32(39)13-9-29/h3-19,43,47H,2,20-26H2,1H3,(H,41,48)(H,42,49)(H2,40,44,45,46). The number of benzene rings is 4. The van der Waals surface area contributed by atoms with Crippen LogP contribution in [0.3, 0.4) is 0 Å². The van der Waals surface area contributed by atoms with Crippen molar-refractivity contribution in [1.82, 2.24) is 16.0 Å². The number of carbonyl (C=O) groups excluding carboxylic acids is 2. The van der Waals surface area contributed by atoms with Crippen molar-refractivity contribution < 1.29 is 24.2 Å². The minimum Gasteiger partial charge on any atom is -0.508 e. The number of rotatable bonds is 17. The second kappa shape index (κ2) is 20.9. The molecule has 0 saturated carbocycles. The first-order chi connectivity index (χ1) is 24.7. The maximum absolute atomic E-state index is 12.6. The van der Waals surface area contributed by atoms with Gasteiger partial charge in [-0.1, -0.05) is 52.8 Å². The van der Waals surface area contributed by atoms with E-state index in [0.717, 1.165) is 10.0 Å². The SMILES string of the molecule is C=C(NC(=NC(C)=NCCOCCOCCNC(=O)c1ccccc1)Nc1ccc(O)cc1)Nc1ccc(C(=O)NCc2ccc(Br)cc2)cc1. The largest absolute Gasteiger partial charge is 0.508 e. The Balaban J connectivity index is 1.21. The highest BCUT2D eigenvalue weighted by atomic mass is 79.9. The van der Waals surface area contributed by atoms with E-state index < -0.39 is 0 Å². The molecule has 0 fully saturated rings. The molecule has 13 heteroatoms. The van der Waals surface area contributed by atoms with E-state index in [9.17, 15) is 14.7 Å². The number of hydrogen-bond donors (Lipinski definition) is 6. The fourth-order valence-corrected chi connectivity index (χ4v) is 4.69. The van der Waals surface area contributed by atoms with E-state index >= 15 is 0 Å². The van der Waals surface area contributed by atoms with Crippen molar-refractivity contribution in [2.24, 2.45) is 9.98 Å². The monoisotopic (exact) mass is 755 g/mol. The molecule has 266 valence electrons. The average Bonchev–Trinajstić information content (AvgIpc) is 3.13. The van der Waals surface area contributed by atoms with Crippen LogP contribution in [0, 0.1) is 0 Å². The molecule has 51 heavy (non-hydrogen) atoms. The second-order valence-electron chi connectivity index (χ2n) is 11.0. The summed E-state index contributed by atoms with van der Waals surface area (Å²) in [7, 11) is 0. The molecule has 0 aliphatic carbocycles. The number of amidine groups is 1. The quantitative estimate of drug-likeness (QED) is 0.0336. The predicted molar refractivity (Wildman–Crippen MR) is 205 cm³/mol. The number of ether oxygens (including phenoxy) is 2. The molecule has 0 unspecified atom stereocenters. The van der Waals surface area contributed by atoms with Crippen LogP contribution in [0.15, 0.2) is 130 Å². The first kappa shape index (κ1) is 38.3. The van der Waals surface area contributed by atoms with Crippen molar-refractivity contribution in [3.8, 4) is 5.75 Å². The molecule has 6 N–H and O–H groups in total. The summed E-state index contributed by atoms with van der Waals surface area (Å²) in [6.45, 7) is 8.60. The van der Waals surface area contributed by atoms with Crippen LogP contribution in [0.1, 0.15) is 33.2 Å². The number of guanidine groups is 1. The number of carbonyl (C=O) groups is 2. The number of anilines is 2. The lowest BCUT2D eigenvalue weighted by atomic mass is 10.1. The molecule has 12 nitrogen and oxygen atoms in total. The van der Waals surface area contributed by atoms with Crippen molar-refractivity contribution in [2.75, 3.05) is 50.2 Å². The van der Waals surface area contributed by atoms with Crippen LogP contribution in [0.4, 0.5) is 11.4 Å². The van der Waals surface area contributed by atoms with Gasteiger partial charge in [0.1, 0.15) is 17.4 Å². The van der Waals surface area contributed by atoms with E-state index in [1.807, 2.05) is 42.5 Å². The third-order valence-corrected chi connectivity index (χ3v) is 7.53. The van der Waals surface area contributed by atoms with Crippen molar-refractivity contribution in [2.45, 2.75) is 13.5 Å². The van der Waals surface area contributed by atoms with Gasteiger partial charge in [0, 0.05) is 40.1 Å². The first-order valence-corrected chi connectivity index (χ1v) is 17.0. The summed E-state index contributed by atoms with van der Waals surface area (Å²) < 4.78 is 12.1. The zero-order chi connectivity index (χ0) is 36.3. The topological polar surface area (TPSA) is 158 Å². The smallest absolute Gasteiger partial charge is 0.251 e. The van der Waals surface area contributed by atoms with Crippen molar-refractivity contribution >= 4 is 50.9 Å². The van der Waals surface area contributed by atoms with Gasteiger partial charge >= 0.3 is 0 Å². The summed E-state index contributed by atoms with van der Waals surface area (Å²) >= 11 is 3.41. The van der Waals surface area contributed by atoms with Crippen LogP contribution in [0.5, 0.6) is 5.75 Å². The van der Waals surface area contributed by atoms with Gasteiger partial charge < -0.3 is 41.2 Å². The van der Waals surface area contributed by atoms with Gasteiger partial charge in [0.05, 0.1) is 33.0 Å². The number of aromatic hydroxyl groups is 1. The zero-order valence-corrected chi connectivity index (χ0v) is 29.9. The molecule has 4 rings (SSSR count). The minimum absolute atomic E-state index is 0.134. The van der Waals surface area contributed by atoms with E-state index in [4.69, 9.17) is 9.47 Å². The van der Waals surface area contributed by atoms with E-state index in [-0.39, 0.29) is 17.6 Å². The van der Waals surface area contributed by atoms with E-state index in [1.165, 1.54) is 0 Å². The molecular formula is C38H42BrN7O5. The second-order valence-corrected chi connectivity index (χ2v) is 11.9. The minimum atomic E-state index is -0.177. The molecule has 4 aromatic carbocycles. The molecule has 0 aliphatic rings. The van der Waals surface area contributed by atoms with E-state index in [2.05, 4.69) is 59.1 Å². The number of amides is 2. The fourth-order valence-electron chi connectivity index (χ4n) is 4.43. The van der Waals surface area contributed by atoms with Crippen molar-refractivity contribution in [1.29, 1.82) is 0 Å². The van der Waals surface area contributed by atoms with Gasteiger partial charge in [-0.3, -0.25) is 14.6 Å². The van der Waals surface area contributed by atoms with Crippen LogP contribution in [-0.4, -0.2) is 68.2 Å². The third-order valence-electron chi connectivity index (χ3n) is 7.00. The highest BCUT2D eigenvalue weighted by Crippen LogP contribution is 2.15. The summed E-state index contributed by atoms with van der Waals surface area (Å²) in [4.78, 5) is 33.7. The maximum Gasteiger partial charge on any atom is 0.251 e. The van der Waals surface area contributed by atoms with Crippen LogP contribution in [0.25, 0.3) is 0 Å². The maximum atomic E-state index is 12.6. The third kappa shape index (κ3) is 14.5. The van der Waals surface area contributed by atoms with Crippen LogP contribution >= 0.6 is 15.9 Å². The van der Waals surface area contributed by atoms with Gasteiger partial charge in [0.2, 0.25) is 5.96 Å². The molecule has 0 bridgehead atoms. The van der Waals surface area contributed by atoms with Gasteiger partial charge in [0.25, 0.3) is 11.8 Å². The Morgan fingerprint density at radius 2 is 1.35 bits per heavy atom. The Morgan fingerprint density at radius 3 is 2.06 bits per heavy atom. The van der Waals surface area contributed by atoms with Crippen LogP contribution in [-0.2, 0) is 16.0 Å². The van der Waals surface area contributed by atoms with Gasteiger partial charge in [-0.05, 0) is 85.3 Å². The molecule has 0 aromatic heterocycles. The number of hydrogen-bond acceptors (Lipinski definition) is 7. The number of phenolic OH excluding ortho intramolecular Hbond substituents is 1. The van der Waals surface area contributed by atoms with Crippen LogP contribution < -0.4 is 26.6 Å². The summed E-state index contributed by atoms with van der Waals surface area (Å²) in [6.07, 6.45) is 0. The Labute approximate surface area is 306 Å². The molecule has 0 atom stereocenters.